The summed E-state index contributed by atoms with van der Waals surface area (Å²) < 4.78 is 0. The summed E-state index contributed by atoms with van der Waals surface area (Å²) in [6.07, 6.45) is 1.73. The van der Waals surface area contributed by atoms with Crippen molar-refractivity contribution in [1.29, 1.82) is 0 Å². The van der Waals surface area contributed by atoms with Crippen LogP contribution in [0.25, 0.3) is 20.9 Å². The zero-order valence-corrected chi connectivity index (χ0v) is 15.7. The molecular formula is C19H17N5O2S. The Morgan fingerprint density at radius 3 is 2.89 bits per heavy atom. The number of fused-ring (bicyclic) bond motifs is 1. The molecule has 0 radical (unpaired) electrons. The number of likely N-dealkylation sites (tertiary alicyclic amines) is 1. The fourth-order valence-corrected chi connectivity index (χ4v) is 3.84. The van der Waals surface area contributed by atoms with Crippen LogP contribution in [0.1, 0.15) is 17.5 Å². The van der Waals surface area contributed by atoms with Crippen LogP contribution in [0, 0.1) is 18.8 Å². The minimum Gasteiger partial charge on any atom is -0.382 e. The molecule has 4 rings (SSSR count). The second kappa shape index (κ2) is 6.30. The highest BCUT2D eigenvalue weighted by molar-refractivity contribution is 7.21. The van der Waals surface area contributed by atoms with Crippen LogP contribution in [-0.2, 0) is 4.79 Å². The quantitative estimate of drug-likeness (QED) is 0.622. The number of anilines is 1. The van der Waals surface area contributed by atoms with Gasteiger partial charge in [0.15, 0.2) is 5.82 Å². The van der Waals surface area contributed by atoms with Crippen molar-refractivity contribution in [2.75, 3.05) is 19.3 Å². The second-order valence-electron chi connectivity index (χ2n) is 6.55. The number of aromatic nitrogens is 3. The first-order valence-electron chi connectivity index (χ1n) is 8.36. The molecule has 1 saturated heterocycles. The standard InChI is InChI=1S/C19H17N5O2S/c1-11-3-4-13(16-23-14-15(20)21-10-22-17(14)27-16)9-12(11)5-6-19(26)7-8-24(2)18(19)25/h3-4,9-10,26H,7-8H2,1-2H3,(H2,20,21,22)/t19-/m0/s1. The first-order valence-corrected chi connectivity index (χ1v) is 9.18. The SMILES string of the molecule is Cc1ccc(-c2nc3c(N)ncnc3s2)cc1C#C[C@]1(O)CCN(C)C1=O. The van der Waals surface area contributed by atoms with Crippen LogP contribution in [0.3, 0.4) is 0 Å². The lowest BCUT2D eigenvalue weighted by molar-refractivity contribution is -0.137. The van der Waals surface area contributed by atoms with E-state index in [9.17, 15) is 9.90 Å². The van der Waals surface area contributed by atoms with Crippen molar-refractivity contribution in [3.05, 3.63) is 35.7 Å². The van der Waals surface area contributed by atoms with Crippen LogP contribution < -0.4 is 5.73 Å². The molecule has 1 fully saturated rings. The van der Waals surface area contributed by atoms with Crippen molar-refractivity contribution in [2.24, 2.45) is 0 Å². The van der Waals surface area contributed by atoms with Gasteiger partial charge in [-0.25, -0.2) is 15.0 Å². The van der Waals surface area contributed by atoms with Gasteiger partial charge in [-0.3, -0.25) is 4.79 Å². The number of nitrogens with two attached hydrogens (primary N) is 1. The van der Waals surface area contributed by atoms with Gasteiger partial charge in [-0.15, -0.1) is 0 Å². The Morgan fingerprint density at radius 2 is 2.19 bits per heavy atom. The smallest absolute Gasteiger partial charge is 0.267 e. The van der Waals surface area contributed by atoms with Crippen molar-refractivity contribution in [3.8, 4) is 22.4 Å². The molecule has 27 heavy (non-hydrogen) atoms. The van der Waals surface area contributed by atoms with Crippen LogP contribution in [0.2, 0.25) is 0 Å². The number of hydrogen-bond donors (Lipinski definition) is 2. The van der Waals surface area contributed by atoms with Crippen molar-refractivity contribution in [2.45, 2.75) is 18.9 Å². The summed E-state index contributed by atoms with van der Waals surface area (Å²) in [7, 11) is 1.66. The highest BCUT2D eigenvalue weighted by Crippen LogP contribution is 2.31. The van der Waals surface area contributed by atoms with Gasteiger partial charge in [-0.05, 0) is 18.6 Å². The molecule has 0 spiro atoms. The zero-order chi connectivity index (χ0) is 19.2. The Bertz CT molecular complexity index is 1130. The minimum atomic E-state index is -1.61. The van der Waals surface area contributed by atoms with Gasteiger partial charge in [-0.2, -0.15) is 0 Å². The van der Waals surface area contributed by atoms with E-state index in [0.29, 0.717) is 24.3 Å². The maximum Gasteiger partial charge on any atom is 0.267 e. The monoisotopic (exact) mass is 379 g/mol. The highest BCUT2D eigenvalue weighted by atomic mass is 32.1. The van der Waals surface area contributed by atoms with Gasteiger partial charge in [-0.1, -0.05) is 35.3 Å². The fraction of sp³-hybridized carbons (Fsp3) is 0.263. The Hall–Kier alpha value is -3.02. The minimum absolute atomic E-state index is 0.309. The van der Waals surface area contributed by atoms with Crippen LogP contribution in [0.5, 0.6) is 0 Å². The number of aryl methyl sites for hydroxylation is 1. The lowest BCUT2D eigenvalue weighted by Gasteiger charge is -2.13. The molecule has 0 aliphatic carbocycles. The van der Waals surface area contributed by atoms with E-state index in [1.165, 1.54) is 22.6 Å². The predicted molar refractivity (Wildman–Crippen MR) is 104 cm³/mol. The molecule has 1 aromatic carbocycles. The lowest BCUT2D eigenvalue weighted by atomic mass is 10.0. The molecule has 3 aromatic rings. The lowest BCUT2D eigenvalue weighted by Crippen LogP contribution is -2.37. The van der Waals surface area contributed by atoms with E-state index in [4.69, 9.17) is 5.73 Å². The number of amides is 1. The number of aliphatic hydroxyl groups is 1. The molecular weight excluding hydrogens is 362 g/mol. The molecule has 1 aliphatic rings. The first-order chi connectivity index (χ1) is 12.9. The van der Waals surface area contributed by atoms with Gasteiger partial charge in [0.25, 0.3) is 5.91 Å². The molecule has 3 N–H and O–H groups in total. The molecule has 0 unspecified atom stereocenters. The number of carbonyl (C=O) groups is 1. The number of nitrogen functional groups attached to an aromatic ring is 1. The van der Waals surface area contributed by atoms with Crippen molar-refractivity contribution < 1.29 is 9.90 Å². The maximum atomic E-state index is 12.1. The van der Waals surface area contributed by atoms with Crippen molar-refractivity contribution in [3.63, 3.8) is 0 Å². The molecule has 1 amide bonds. The van der Waals surface area contributed by atoms with Gasteiger partial charge in [0, 0.05) is 31.1 Å². The number of nitrogens with zero attached hydrogens (tertiary/aromatic N) is 4. The van der Waals surface area contributed by atoms with Gasteiger partial charge in [0.05, 0.1) is 0 Å². The number of thiazole rings is 1. The van der Waals surface area contributed by atoms with E-state index >= 15 is 0 Å². The van der Waals surface area contributed by atoms with Crippen molar-refractivity contribution in [1.82, 2.24) is 19.9 Å². The normalized spacial score (nSPS) is 19.4. The largest absolute Gasteiger partial charge is 0.382 e. The third kappa shape index (κ3) is 3.01. The predicted octanol–water partition coefficient (Wildman–Crippen LogP) is 1.59. The molecule has 1 aliphatic heterocycles. The molecule has 0 bridgehead atoms. The fourth-order valence-electron chi connectivity index (χ4n) is 2.92. The zero-order valence-electron chi connectivity index (χ0n) is 14.9. The first kappa shape index (κ1) is 17.4. The number of carbonyl (C=O) groups excluding carboxylic acids is 1. The third-order valence-corrected chi connectivity index (χ3v) is 5.63. The Morgan fingerprint density at radius 1 is 1.37 bits per heavy atom. The van der Waals surface area contributed by atoms with Crippen LogP contribution in [0.15, 0.2) is 24.5 Å². The van der Waals surface area contributed by atoms with Crippen LogP contribution in [0.4, 0.5) is 5.82 Å². The molecule has 2 aromatic heterocycles. The summed E-state index contributed by atoms with van der Waals surface area (Å²) >= 11 is 1.42. The van der Waals surface area contributed by atoms with Crippen molar-refractivity contribution >= 4 is 33.4 Å². The summed E-state index contributed by atoms with van der Waals surface area (Å²) in [6, 6.07) is 5.79. The average molecular weight is 379 g/mol. The maximum absolute atomic E-state index is 12.1. The summed E-state index contributed by atoms with van der Waals surface area (Å²) in [6.45, 7) is 2.43. The highest BCUT2D eigenvalue weighted by Gasteiger charge is 2.42. The Labute approximate surface area is 159 Å². The van der Waals surface area contributed by atoms with E-state index in [1.54, 1.807) is 7.05 Å². The van der Waals surface area contributed by atoms with Gasteiger partial charge in [0.1, 0.15) is 21.7 Å². The number of rotatable bonds is 1. The van der Waals surface area contributed by atoms with E-state index in [1.807, 2.05) is 25.1 Å². The van der Waals surface area contributed by atoms with E-state index in [0.717, 1.165) is 26.5 Å². The van der Waals surface area contributed by atoms with E-state index < -0.39 is 5.60 Å². The second-order valence-corrected chi connectivity index (χ2v) is 7.53. The summed E-state index contributed by atoms with van der Waals surface area (Å²) in [5, 5.41) is 11.3. The number of hydrogen-bond acceptors (Lipinski definition) is 7. The van der Waals surface area contributed by atoms with Crippen LogP contribution >= 0.6 is 11.3 Å². The van der Waals surface area contributed by atoms with Gasteiger partial charge >= 0.3 is 0 Å². The van der Waals surface area contributed by atoms with Gasteiger partial charge < -0.3 is 15.7 Å². The van der Waals surface area contributed by atoms with E-state index in [2.05, 4.69) is 26.8 Å². The Balaban J connectivity index is 1.73. The molecule has 0 saturated carbocycles. The number of likely N-dealkylation sites (N-methyl/N-ethyl adjacent to an activating group) is 1. The average Bonchev–Trinajstić information content (AvgIpc) is 3.20. The van der Waals surface area contributed by atoms with Gasteiger partial charge in [0.2, 0.25) is 5.60 Å². The Kier molecular flexibility index (Phi) is 4.06. The third-order valence-electron chi connectivity index (χ3n) is 4.62. The molecule has 8 heteroatoms. The molecule has 1 atom stereocenters. The molecule has 136 valence electrons. The molecule has 7 nitrogen and oxygen atoms in total. The molecule has 3 heterocycles. The summed E-state index contributed by atoms with van der Waals surface area (Å²) in [5.74, 6) is 5.73. The summed E-state index contributed by atoms with van der Waals surface area (Å²) in [5.41, 5.74) is 7.39. The number of benzene rings is 1. The van der Waals surface area contributed by atoms with Crippen LogP contribution in [-0.4, -0.2) is 50.1 Å². The summed E-state index contributed by atoms with van der Waals surface area (Å²) in [4.78, 5) is 27.0. The van der Waals surface area contributed by atoms with E-state index in [-0.39, 0.29) is 5.91 Å². The topological polar surface area (TPSA) is 105 Å².